The SMILES string of the molecule is CCC1(CC)CC(CC)(CC)c2c1cc1c(c2/[Si](c2scc3c2OCCO3)=[Si](\c2scc3c2OCCO3)c2c3c(cc4c2C(CC)(CC)CC4(CC)CC)C(CC)(CC)CC3(CC)CC)C(CC)(CC)CC1(CC)CC. The smallest absolute Gasteiger partial charge is 0.174 e. The molecule has 0 saturated heterocycles. The first kappa shape index (κ1) is 56.7. The van der Waals surface area contributed by atoms with Crippen molar-refractivity contribution in [2.75, 3.05) is 26.4 Å². The Bertz CT molecular complexity index is 2530. The molecule has 4 heterocycles. The van der Waals surface area contributed by atoms with E-state index in [1.807, 2.05) is 33.0 Å². The van der Waals surface area contributed by atoms with E-state index in [1.165, 1.54) is 86.1 Å². The highest BCUT2D eigenvalue weighted by Crippen LogP contribution is 2.64. The monoisotopic (exact) mass is 1100 g/mol. The van der Waals surface area contributed by atoms with E-state index in [0.717, 1.165) is 74.4 Å². The second-order valence-corrected chi connectivity index (χ2v) is 34.4. The van der Waals surface area contributed by atoms with Crippen LogP contribution in [0.5, 0.6) is 23.0 Å². The summed E-state index contributed by atoms with van der Waals surface area (Å²) in [4.78, 5) is 0. The molecule has 0 bridgehead atoms. The Labute approximate surface area is 473 Å². The first-order valence-electron chi connectivity index (χ1n) is 31.6. The van der Waals surface area contributed by atoms with Gasteiger partial charge in [0.2, 0.25) is 0 Å². The highest BCUT2D eigenvalue weighted by atomic mass is 32.1. The minimum Gasteiger partial charge on any atom is -0.485 e. The summed E-state index contributed by atoms with van der Waals surface area (Å²) >= 11 is 4.06. The van der Waals surface area contributed by atoms with Gasteiger partial charge in [-0.2, -0.15) is 0 Å². The minimum absolute atomic E-state index is 0.0571. The van der Waals surface area contributed by atoms with Crippen molar-refractivity contribution in [3.05, 3.63) is 67.4 Å². The molecule has 8 heteroatoms. The molecule has 4 aliphatic carbocycles. The van der Waals surface area contributed by atoms with Gasteiger partial charge in [-0.05, 0) is 227 Å². The van der Waals surface area contributed by atoms with E-state index >= 15 is 0 Å². The van der Waals surface area contributed by atoms with Crippen molar-refractivity contribution in [2.24, 2.45) is 0 Å². The standard InChI is InChI=1S/C68H100O4S2Si2/c1-17-61(18-2)41-65(25-9,26-10)51-45(61)37-46-52(66(27-11,28-12)42-62(46,19-3)20-4)57(51)75(59-55-49(39-73-59)69-33-35-71-55)76(60-56-50(40-74-60)70-34-36-72-56)58-53-47(63(21-5,22-6)43-67(53,29-13)30-14)38-48-54(58)68(31-15,32-16)44-64(48,23-7)24-8/h37-40H,17-36,41-44H2,1-16H3/b76-75+. The normalized spacial score (nSPS) is 22.0. The number of hydrogen-bond acceptors (Lipinski definition) is 6. The van der Waals surface area contributed by atoms with Crippen LogP contribution < -0.4 is 38.3 Å². The van der Waals surface area contributed by atoms with Crippen LogP contribution in [0.4, 0.5) is 0 Å². The van der Waals surface area contributed by atoms with Gasteiger partial charge in [0.25, 0.3) is 0 Å². The van der Waals surface area contributed by atoms with Gasteiger partial charge in [-0.15, -0.1) is 22.7 Å². The van der Waals surface area contributed by atoms with Crippen LogP contribution in [0.3, 0.4) is 0 Å². The Morgan fingerprint density at radius 2 is 0.553 bits per heavy atom. The lowest BCUT2D eigenvalue weighted by molar-refractivity contribution is 0.174. The predicted molar refractivity (Wildman–Crippen MR) is 330 cm³/mol. The largest absolute Gasteiger partial charge is 0.485 e. The summed E-state index contributed by atoms with van der Waals surface area (Å²) in [5.74, 6) is 4.13. The van der Waals surface area contributed by atoms with Crippen LogP contribution in [0.25, 0.3) is 0 Å². The van der Waals surface area contributed by atoms with E-state index in [-0.39, 0.29) is 43.3 Å². The Morgan fingerprint density at radius 3 is 0.776 bits per heavy atom. The van der Waals surface area contributed by atoms with E-state index in [0.29, 0.717) is 26.4 Å². The maximum atomic E-state index is 7.29. The fraction of sp³-hybridized carbons (Fsp3) is 0.706. The number of rotatable bonds is 20. The highest BCUT2D eigenvalue weighted by Gasteiger charge is 2.60. The molecule has 416 valence electrons. The second kappa shape index (κ2) is 20.8. The van der Waals surface area contributed by atoms with Crippen molar-refractivity contribution in [1.82, 2.24) is 0 Å². The fourth-order valence-electron chi connectivity index (χ4n) is 18.8. The molecular weight excluding hydrogens is 1000 g/mol. The Hall–Kier alpha value is -2.53. The zero-order chi connectivity index (χ0) is 54.4. The lowest BCUT2D eigenvalue weighted by Gasteiger charge is -2.39. The first-order valence-corrected chi connectivity index (χ1v) is 37.4. The molecule has 0 saturated carbocycles. The summed E-state index contributed by atoms with van der Waals surface area (Å²) in [5, 5.41) is 8.49. The fourth-order valence-corrected chi connectivity index (χ4v) is 34.8. The first-order chi connectivity index (χ1) is 36.7. The van der Waals surface area contributed by atoms with Gasteiger partial charge >= 0.3 is 0 Å². The van der Waals surface area contributed by atoms with Crippen molar-refractivity contribution in [3.63, 3.8) is 0 Å². The van der Waals surface area contributed by atoms with Crippen LogP contribution in [-0.4, -0.2) is 42.2 Å². The summed E-state index contributed by atoms with van der Waals surface area (Å²) in [5.41, 5.74) is 14.9. The van der Waals surface area contributed by atoms with E-state index in [4.69, 9.17) is 18.9 Å². The van der Waals surface area contributed by atoms with Gasteiger partial charge in [0, 0.05) is 10.8 Å². The van der Waals surface area contributed by atoms with E-state index in [9.17, 15) is 0 Å². The third-order valence-electron chi connectivity index (χ3n) is 24.4. The molecule has 76 heavy (non-hydrogen) atoms. The number of thiophene rings is 2. The molecule has 0 fully saturated rings. The summed E-state index contributed by atoms with van der Waals surface area (Å²) in [7, 11) is -3.77. The number of hydrogen-bond donors (Lipinski definition) is 0. The molecule has 0 N–H and O–H groups in total. The lowest BCUT2D eigenvalue weighted by atomic mass is 9.70. The van der Waals surface area contributed by atoms with Crippen molar-refractivity contribution in [2.45, 2.75) is 283 Å². The van der Waals surface area contributed by atoms with Crippen LogP contribution in [0, 0.1) is 0 Å². The summed E-state index contributed by atoms with van der Waals surface area (Å²) < 4.78 is 31.3. The maximum absolute atomic E-state index is 7.29. The van der Waals surface area contributed by atoms with E-state index in [1.54, 1.807) is 44.5 Å². The molecule has 4 nitrogen and oxygen atoms in total. The average molecular weight is 1100 g/mol. The molecule has 0 spiro atoms. The van der Waals surface area contributed by atoms with Crippen LogP contribution in [0.2, 0.25) is 0 Å². The minimum atomic E-state index is -1.88. The molecule has 0 amide bonds. The third-order valence-corrected chi connectivity index (χ3v) is 37.3. The van der Waals surface area contributed by atoms with Gasteiger partial charge < -0.3 is 18.9 Å². The van der Waals surface area contributed by atoms with Crippen molar-refractivity contribution in [1.29, 1.82) is 0 Å². The van der Waals surface area contributed by atoms with Crippen molar-refractivity contribution in [3.8, 4) is 23.0 Å². The molecule has 6 aliphatic rings. The number of benzene rings is 2. The Morgan fingerprint density at radius 1 is 0.329 bits per heavy atom. The maximum Gasteiger partial charge on any atom is 0.174 e. The molecule has 4 aromatic rings. The molecule has 2 aromatic heterocycles. The zero-order valence-corrected chi connectivity index (χ0v) is 54.4. The van der Waals surface area contributed by atoms with Gasteiger partial charge in [-0.1, -0.05) is 123 Å². The number of ether oxygens (including phenoxy) is 4. The quantitative estimate of drug-likeness (QED) is 0.0827. The van der Waals surface area contributed by atoms with Gasteiger partial charge in [0.15, 0.2) is 23.0 Å². The molecule has 0 atom stereocenters. The summed E-state index contributed by atoms with van der Waals surface area (Å²) in [6, 6.07) is 5.91. The predicted octanol–water partition coefficient (Wildman–Crippen LogP) is 16.4. The molecule has 0 unspecified atom stereocenters. The molecule has 2 aromatic carbocycles. The second-order valence-electron chi connectivity index (χ2n) is 25.5. The van der Waals surface area contributed by atoms with Gasteiger partial charge in [0.1, 0.15) is 26.4 Å². The number of fused-ring (bicyclic) bond motifs is 6. The average Bonchev–Trinajstić information content (AvgIpc) is 4.39. The van der Waals surface area contributed by atoms with Gasteiger partial charge in [-0.25, -0.2) is 0 Å². The molecule has 0 radical (unpaired) electrons. The summed E-state index contributed by atoms with van der Waals surface area (Å²) in [6.07, 6.45) is 23.7. The molecular formula is C68H100O4S2Si2. The zero-order valence-electron chi connectivity index (χ0n) is 50.7. The van der Waals surface area contributed by atoms with Crippen molar-refractivity contribution < 1.29 is 18.9 Å². The van der Waals surface area contributed by atoms with Crippen LogP contribution in [0.1, 0.15) is 284 Å². The lowest BCUT2D eigenvalue weighted by Crippen LogP contribution is -2.58. The summed E-state index contributed by atoms with van der Waals surface area (Å²) in [6.45, 7) is 43.5. The van der Waals surface area contributed by atoms with Crippen LogP contribution in [-0.2, 0) is 43.3 Å². The van der Waals surface area contributed by atoms with Gasteiger partial charge in [0.05, 0.1) is 24.8 Å². The molecule has 2 aliphatic heterocycles. The highest BCUT2D eigenvalue weighted by molar-refractivity contribution is 7.38. The van der Waals surface area contributed by atoms with Crippen molar-refractivity contribution >= 4 is 57.8 Å². The van der Waals surface area contributed by atoms with Crippen LogP contribution >= 0.6 is 22.7 Å². The van der Waals surface area contributed by atoms with Crippen LogP contribution in [0.15, 0.2) is 22.9 Å². The van der Waals surface area contributed by atoms with E-state index < -0.39 is 15.8 Å². The topological polar surface area (TPSA) is 36.9 Å². The van der Waals surface area contributed by atoms with E-state index in [2.05, 4.69) is 134 Å². The third kappa shape index (κ3) is 7.51. The Balaban J connectivity index is 1.62. The van der Waals surface area contributed by atoms with Gasteiger partial charge in [-0.3, -0.25) is 0 Å². The molecule has 10 rings (SSSR count). The Kier molecular flexibility index (Phi) is 15.5.